The lowest BCUT2D eigenvalue weighted by atomic mass is 9.97. The summed E-state index contributed by atoms with van der Waals surface area (Å²) in [6.45, 7) is 4.08. The molecule has 1 N–H and O–H groups in total. The van der Waals surface area contributed by atoms with Crippen molar-refractivity contribution in [3.63, 3.8) is 0 Å². The first-order valence-electron chi connectivity index (χ1n) is 7.29. The van der Waals surface area contributed by atoms with Crippen LogP contribution in [0.3, 0.4) is 0 Å². The second kappa shape index (κ2) is 6.93. The van der Waals surface area contributed by atoms with Crippen molar-refractivity contribution in [2.75, 3.05) is 24.5 Å². The van der Waals surface area contributed by atoms with Crippen LogP contribution in [0.15, 0.2) is 11.0 Å². The van der Waals surface area contributed by atoms with E-state index in [0.717, 1.165) is 25.8 Å². The number of anilines is 1. The number of amides is 1. The normalized spacial score (nSPS) is 18.6. The summed E-state index contributed by atoms with van der Waals surface area (Å²) in [6, 6.07) is 0. The van der Waals surface area contributed by atoms with Crippen LogP contribution < -0.4 is 15.8 Å². The second-order valence-corrected chi connectivity index (χ2v) is 5.73. The average Bonchev–Trinajstić information content (AvgIpc) is 2.50. The number of hydrogen-bond acceptors (Lipinski definition) is 4. The largest absolute Gasteiger partial charge is 0.368 e. The summed E-state index contributed by atoms with van der Waals surface area (Å²) in [5.74, 6) is 0.0138. The third-order valence-corrected chi connectivity index (χ3v) is 4.10. The smallest absolute Gasteiger partial charge is 0.287 e. The summed E-state index contributed by atoms with van der Waals surface area (Å²) in [4.78, 5) is 25.9. The number of nitrogens with one attached hydrogen (secondary N) is 1. The zero-order valence-electron chi connectivity index (χ0n) is 12.4. The third kappa shape index (κ3) is 3.56. The van der Waals surface area contributed by atoms with Crippen molar-refractivity contribution in [1.29, 1.82) is 0 Å². The predicted molar refractivity (Wildman–Crippen MR) is 82.7 cm³/mol. The summed E-state index contributed by atoms with van der Waals surface area (Å²) >= 11 is 6.13. The molecule has 0 aromatic carbocycles. The minimum Gasteiger partial charge on any atom is -0.368 e. The zero-order chi connectivity index (χ0) is 15.4. The Morgan fingerprint density at radius 3 is 3.05 bits per heavy atom. The maximum atomic E-state index is 12.1. The topological polar surface area (TPSA) is 67.2 Å². The number of carbonyl (C=O) groups excluding carboxylic acids is 1. The quantitative estimate of drug-likeness (QED) is 0.906. The van der Waals surface area contributed by atoms with Crippen LogP contribution in [0.4, 0.5) is 5.69 Å². The predicted octanol–water partition coefficient (Wildman–Crippen LogP) is 1.18. The van der Waals surface area contributed by atoms with Gasteiger partial charge in [-0.2, -0.15) is 5.10 Å². The van der Waals surface area contributed by atoms with E-state index in [1.165, 1.54) is 4.68 Å². The van der Waals surface area contributed by atoms with E-state index in [0.29, 0.717) is 18.8 Å². The van der Waals surface area contributed by atoms with Crippen molar-refractivity contribution in [3.05, 3.63) is 21.6 Å². The van der Waals surface area contributed by atoms with E-state index in [1.54, 1.807) is 13.2 Å². The number of hydrogen-bond donors (Lipinski definition) is 1. The zero-order valence-corrected chi connectivity index (χ0v) is 13.2. The molecule has 1 aliphatic rings. The summed E-state index contributed by atoms with van der Waals surface area (Å²) in [6.07, 6.45) is 4.28. The summed E-state index contributed by atoms with van der Waals surface area (Å²) in [5, 5.41) is 7.11. The molecule has 1 aliphatic heterocycles. The first-order chi connectivity index (χ1) is 10.0. The van der Waals surface area contributed by atoms with E-state index in [4.69, 9.17) is 11.6 Å². The Balaban J connectivity index is 2.13. The van der Waals surface area contributed by atoms with E-state index in [-0.39, 0.29) is 22.4 Å². The highest BCUT2D eigenvalue weighted by Crippen LogP contribution is 2.26. The molecule has 1 amide bonds. The maximum Gasteiger partial charge on any atom is 0.287 e. The fourth-order valence-corrected chi connectivity index (χ4v) is 2.82. The molecule has 1 fully saturated rings. The van der Waals surface area contributed by atoms with Crippen LogP contribution in [0.2, 0.25) is 5.02 Å². The lowest BCUT2D eigenvalue weighted by molar-refractivity contribution is -0.125. The van der Waals surface area contributed by atoms with E-state index >= 15 is 0 Å². The molecule has 0 saturated carbocycles. The van der Waals surface area contributed by atoms with Crippen LogP contribution in [0.25, 0.3) is 0 Å². The van der Waals surface area contributed by atoms with Crippen LogP contribution in [0.1, 0.15) is 26.2 Å². The van der Waals surface area contributed by atoms with Crippen LogP contribution in [0.5, 0.6) is 0 Å². The van der Waals surface area contributed by atoms with Gasteiger partial charge in [0.05, 0.1) is 17.8 Å². The Hall–Kier alpha value is -1.56. The molecule has 6 nitrogen and oxygen atoms in total. The molecule has 0 radical (unpaired) electrons. The Morgan fingerprint density at radius 2 is 2.33 bits per heavy atom. The first-order valence-corrected chi connectivity index (χ1v) is 7.66. The first kappa shape index (κ1) is 15.8. The van der Waals surface area contributed by atoms with Gasteiger partial charge in [0.25, 0.3) is 5.56 Å². The van der Waals surface area contributed by atoms with Gasteiger partial charge in [-0.1, -0.05) is 18.5 Å². The molecule has 2 rings (SSSR count). The Bertz CT molecular complexity index is 573. The van der Waals surface area contributed by atoms with Crippen molar-refractivity contribution in [3.8, 4) is 0 Å². The van der Waals surface area contributed by atoms with E-state index in [9.17, 15) is 9.59 Å². The highest BCUT2D eigenvalue weighted by Gasteiger charge is 2.27. The number of carbonyl (C=O) groups is 1. The number of piperidine rings is 1. The molecule has 1 atom stereocenters. The Kier molecular flexibility index (Phi) is 5.22. The lowest BCUT2D eigenvalue weighted by Crippen LogP contribution is -2.44. The lowest BCUT2D eigenvalue weighted by Gasteiger charge is -2.33. The SMILES string of the molecule is CCCNC(=O)C1CCCN(c2cnn(C)c(=O)c2Cl)C1. The number of aryl methyl sites for hydroxylation is 1. The molecule has 2 heterocycles. The molecule has 7 heteroatoms. The van der Waals surface area contributed by atoms with Crippen LogP contribution in [-0.4, -0.2) is 35.3 Å². The van der Waals surface area contributed by atoms with Gasteiger partial charge in [-0.15, -0.1) is 0 Å². The van der Waals surface area contributed by atoms with Crippen molar-refractivity contribution in [2.45, 2.75) is 26.2 Å². The Morgan fingerprint density at radius 1 is 1.57 bits per heavy atom. The van der Waals surface area contributed by atoms with Crippen LogP contribution >= 0.6 is 11.6 Å². The molecule has 1 aromatic rings. The van der Waals surface area contributed by atoms with Crippen molar-refractivity contribution >= 4 is 23.2 Å². The van der Waals surface area contributed by atoms with E-state index < -0.39 is 0 Å². The van der Waals surface area contributed by atoms with Crippen molar-refractivity contribution in [2.24, 2.45) is 13.0 Å². The summed E-state index contributed by atoms with van der Waals surface area (Å²) in [5.41, 5.74) is 0.305. The van der Waals surface area contributed by atoms with Gasteiger partial charge in [-0.25, -0.2) is 4.68 Å². The minimum atomic E-state index is -0.313. The standard InChI is InChI=1S/C14H21ClN4O2/c1-3-6-16-13(20)10-5-4-7-19(9-10)11-8-17-18(2)14(21)12(11)15/h8,10H,3-7,9H2,1-2H3,(H,16,20). The number of aromatic nitrogens is 2. The number of halogens is 1. The molecular formula is C14H21ClN4O2. The number of nitrogens with zero attached hydrogens (tertiary/aromatic N) is 3. The molecule has 1 saturated heterocycles. The molecule has 0 spiro atoms. The maximum absolute atomic E-state index is 12.1. The van der Waals surface area contributed by atoms with Gasteiger partial charge in [0.1, 0.15) is 5.02 Å². The van der Waals surface area contributed by atoms with Gasteiger partial charge >= 0.3 is 0 Å². The van der Waals surface area contributed by atoms with Gasteiger partial charge in [0.2, 0.25) is 5.91 Å². The molecule has 1 aromatic heterocycles. The van der Waals surface area contributed by atoms with Crippen LogP contribution in [-0.2, 0) is 11.8 Å². The van der Waals surface area contributed by atoms with Gasteiger partial charge in [0.15, 0.2) is 0 Å². The third-order valence-electron chi connectivity index (χ3n) is 3.74. The highest BCUT2D eigenvalue weighted by molar-refractivity contribution is 6.33. The summed E-state index contributed by atoms with van der Waals surface area (Å²) < 4.78 is 1.21. The molecule has 1 unspecified atom stereocenters. The van der Waals surface area contributed by atoms with E-state index in [2.05, 4.69) is 10.4 Å². The molecular weight excluding hydrogens is 292 g/mol. The van der Waals surface area contributed by atoms with Gasteiger partial charge in [-0.3, -0.25) is 9.59 Å². The molecule has 0 aliphatic carbocycles. The van der Waals surface area contributed by atoms with Crippen molar-refractivity contribution in [1.82, 2.24) is 15.1 Å². The minimum absolute atomic E-state index is 0.0644. The number of rotatable bonds is 4. The summed E-state index contributed by atoms with van der Waals surface area (Å²) in [7, 11) is 1.56. The average molecular weight is 313 g/mol. The van der Waals surface area contributed by atoms with E-state index in [1.807, 2.05) is 11.8 Å². The van der Waals surface area contributed by atoms with Gasteiger partial charge in [0, 0.05) is 26.7 Å². The van der Waals surface area contributed by atoms with Gasteiger partial charge < -0.3 is 10.2 Å². The van der Waals surface area contributed by atoms with Crippen molar-refractivity contribution < 1.29 is 4.79 Å². The van der Waals surface area contributed by atoms with Crippen LogP contribution in [0, 0.1) is 5.92 Å². The second-order valence-electron chi connectivity index (χ2n) is 5.35. The fraction of sp³-hybridized carbons (Fsp3) is 0.643. The monoisotopic (exact) mass is 312 g/mol. The molecule has 116 valence electrons. The Labute approximate surface area is 129 Å². The fourth-order valence-electron chi connectivity index (χ4n) is 2.52. The molecule has 0 bridgehead atoms. The van der Waals surface area contributed by atoms with Gasteiger partial charge in [-0.05, 0) is 19.3 Å². The molecule has 21 heavy (non-hydrogen) atoms. The highest BCUT2D eigenvalue weighted by atomic mass is 35.5.